The third-order valence-corrected chi connectivity index (χ3v) is 2.45. The lowest BCUT2D eigenvalue weighted by Gasteiger charge is -1.95. The van der Waals surface area contributed by atoms with E-state index in [-0.39, 0.29) is 5.78 Å². The van der Waals surface area contributed by atoms with E-state index in [1.165, 1.54) is 0 Å². The van der Waals surface area contributed by atoms with Gasteiger partial charge in [-0.05, 0) is 30.1 Å². The van der Waals surface area contributed by atoms with Crippen LogP contribution in [-0.2, 0) is 4.79 Å². The van der Waals surface area contributed by atoms with Crippen molar-refractivity contribution in [2.24, 2.45) is 0 Å². The second-order valence-electron chi connectivity index (χ2n) is 3.51. The van der Waals surface area contributed by atoms with E-state index in [1.807, 2.05) is 36.4 Å². The first-order valence-electron chi connectivity index (χ1n) is 4.75. The van der Waals surface area contributed by atoms with E-state index < -0.39 is 0 Å². The van der Waals surface area contributed by atoms with Gasteiger partial charge in [0.05, 0.1) is 0 Å². The highest BCUT2D eigenvalue weighted by Gasteiger charge is 2.20. The van der Waals surface area contributed by atoms with Crippen molar-refractivity contribution in [2.45, 2.75) is 12.8 Å². The van der Waals surface area contributed by atoms with Crippen molar-refractivity contribution < 1.29 is 4.79 Å². The maximum atomic E-state index is 11.5. The standard InChI is InChI=1S/C13H12O/c1-10-7-8-12(13(10)14)9-11-5-3-2-4-6-11/h2-6,9H,1,7-8H2/b12-9+. The number of allylic oxidation sites excluding steroid dienone is 2. The molecule has 0 unspecified atom stereocenters. The molecule has 0 aliphatic heterocycles. The van der Waals surface area contributed by atoms with Crippen LogP contribution in [0.4, 0.5) is 0 Å². The monoisotopic (exact) mass is 184 g/mol. The molecule has 0 N–H and O–H groups in total. The second kappa shape index (κ2) is 3.62. The number of carbonyl (C=O) groups excluding carboxylic acids is 1. The van der Waals surface area contributed by atoms with Crippen molar-refractivity contribution in [1.82, 2.24) is 0 Å². The third kappa shape index (κ3) is 1.67. The van der Waals surface area contributed by atoms with Crippen LogP contribution in [0.1, 0.15) is 18.4 Å². The molecule has 0 radical (unpaired) electrons. The highest BCUT2D eigenvalue weighted by atomic mass is 16.1. The summed E-state index contributed by atoms with van der Waals surface area (Å²) in [6, 6.07) is 9.92. The summed E-state index contributed by atoms with van der Waals surface area (Å²) in [7, 11) is 0. The van der Waals surface area contributed by atoms with E-state index in [4.69, 9.17) is 0 Å². The van der Waals surface area contributed by atoms with E-state index in [0.717, 1.165) is 29.6 Å². The fourth-order valence-corrected chi connectivity index (χ4v) is 1.63. The SMILES string of the molecule is C=C1CC/C(=C\c2ccccc2)C1=O. The molecule has 1 aliphatic carbocycles. The van der Waals surface area contributed by atoms with Gasteiger partial charge < -0.3 is 0 Å². The van der Waals surface area contributed by atoms with Gasteiger partial charge >= 0.3 is 0 Å². The zero-order chi connectivity index (χ0) is 9.97. The molecule has 0 aromatic heterocycles. The lowest BCUT2D eigenvalue weighted by atomic mass is 10.1. The highest BCUT2D eigenvalue weighted by Crippen LogP contribution is 2.26. The van der Waals surface area contributed by atoms with Gasteiger partial charge in [-0.25, -0.2) is 0 Å². The highest BCUT2D eigenvalue weighted by molar-refractivity contribution is 6.12. The summed E-state index contributed by atoms with van der Waals surface area (Å²) in [4.78, 5) is 11.5. The molecule has 1 heteroatoms. The van der Waals surface area contributed by atoms with Gasteiger partial charge in [0.15, 0.2) is 5.78 Å². The predicted octanol–water partition coefficient (Wildman–Crippen LogP) is 2.99. The molecule has 0 bridgehead atoms. The lowest BCUT2D eigenvalue weighted by molar-refractivity contribution is -0.111. The Hall–Kier alpha value is -1.63. The largest absolute Gasteiger partial charge is 0.289 e. The van der Waals surface area contributed by atoms with Crippen LogP contribution in [0, 0.1) is 0 Å². The van der Waals surface area contributed by atoms with Crippen molar-refractivity contribution in [3.05, 3.63) is 53.6 Å². The summed E-state index contributed by atoms with van der Waals surface area (Å²) in [6.07, 6.45) is 3.62. The van der Waals surface area contributed by atoms with Gasteiger partial charge in [0.2, 0.25) is 0 Å². The van der Waals surface area contributed by atoms with Gasteiger partial charge in [-0.1, -0.05) is 36.9 Å². The number of hydrogen-bond donors (Lipinski definition) is 0. The van der Waals surface area contributed by atoms with Crippen LogP contribution in [-0.4, -0.2) is 5.78 Å². The van der Waals surface area contributed by atoms with E-state index in [1.54, 1.807) is 0 Å². The molecule has 0 amide bonds. The third-order valence-electron chi connectivity index (χ3n) is 2.45. The van der Waals surface area contributed by atoms with Gasteiger partial charge in [0, 0.05) is 5.57 Å². The fourth-order valence-electron chi connectivity index (χ4n) is 1.63. The van der Waals surface area contributed by atoms with Gasteiger partial charge in [-0.2, -0.15) is 0 Å². The van der Waals surface area contributed by atoms with Crippen LogP contribution >= 0.6 is 0 Å². The van der Waals surface area contributed by atoms with E-state index in [2.05, 4.69) is 6.58 Å². The van der Waals surface area contributed by atoms with Crippen LogP contribution in [0.15, 0.2) is 48.1 Å². The van der Waals surface area contributed by atoms with E-state index >= 15 is 0 Å². The zero-order valence-electron chi connectivity index (χ0n) is 7.99. The van der Waals surface area contributed by atoms with Crippen molar-refractivity contribution in [3.63, 3.8) is 0 Å². The number of benzene rings is 1. The Morgan fingerprint density at radius 3 is 2.43 bits per heavy atom. The Kier molecular flexibility index (Phi) is 2.32. The molecule has 0 saturated heterocycles. The minimum Gasteiger partial charge on any atom is -0.289 e. The minimum atomic E-state index is 0.133. The van der Waals surface area contributed by atoms with Crippen LogP contribution in [0.25, 0.3) is 6.08 Å². The van der Waals surface area contributed by atoms with Crippen LogP contribution in [0.5, 0.6) is 0 Å². The molecule has 1 nitrogen and oxygen atoms in total. The summed E-state index contributed by atoms with van der Waals surface area (Å²) >= 11 is 0. The Morgan fingerprint density at radius 2 is 1.86 bits per heavy atom. The fraction of sp³-hybridized carbons (Fsp3) is 0.154. The molecular formula is C13H12O. The maximum absolute atomic E-state index is 11.5. The summed E-state index contributed by atoms with van der Waals surface area (Å²) in [5.74, 6) is 0.133. The molecule has 2 rings (SSSR count). The normalized spacial score (nSPS) is 19.3. The van der Waals surface area contributed by atoms with Crippen LogP contribution in [0.2, 0.25) is 0 Å². The number of rotatable bonds is 1. The van der Waals surface area contributed by atoms with Crippen molar-refractivity contribution >= 4 is 11.9 Å². The Labute approximate surface area is 83.8 Å². The molecule has 0 spiro atoms. The first-order valence-corrected chi connectivity index (χ1v) is 4.75. The average Bonchev–Trinajstić information content (AvgIpc) is 2.52. The van der Waals surface area contributed by atoms with Crippen LogP contribution < -0.4 is 0 Å². The molecule has 14 heavy (non-hydrogen) atoms. The first-order chi connectivity index (χ1) is 6.77. The summed E-state index contributed by atoms with van der Waals surface area (Å²) in [5, 5.41) is 0. The first kappa shape index (κ1) is 8.95. The molecular weight excluding hydrogens is 172 g/mol. The topological polar surface area (TPSA) is 17.1 Å². The molecule has 1 aliphatic rings. The molecule has 0 heterocycles. The average molecular weight is 184 g/mol. The summed E-state index contributed by atoms with van der Waals surface area (Å²) in [6.45, 7) is 3.74. The number of Topliss-reactive ketones (excluding diaryl/α,β-unsaturated/α-hetero) is 1. The van der Waals surface area contributed by atoms with Crippen molar-refractivity contribution in [2.75, 3.05) is 0 Å². The number of hydrogen-bond acceptors (Lipinski definition) is 1. The minimum absolute atomic E-state index is 0.133. The van der Waals surface area contributed by atoms with Crippen molar-refractivity contribution in [3.8, 4) is 0 Å². The van der Waals surface area contributed by atoms with E-state index in [0.29, 0.717) is 0 Å². The smallest absolute Gasteiger partial charge is 0.184 e. The molecule has 1 saturated carbocycles. The molecule has 1 fully saturated rings. The predicted molar refractivity (Wildman–Crippen MR) is 57.8 cm³/mol. The summed E-state index contributed by atoms with van der Waals surface area (Å²) in [5.41, 5.74) is 2.72. The maximum Gasteiger partial charge on any atom is 0.184 e. The Bertz CT molecular complexity index is 399. The van der Waals surface area contributed by atoms with Gasteiger partial charge in [-0.15, -0.1) is 0 Å². The van der Waals surface area contributed by atoms with Gasteiger partial charge in [0.25, 0.3) is 0 Å². The van der Waals surface area contributed by atoms with Crippen molar-refractivity contribution in [1.29, 1.82) is 0 Å². The molecule has 1 aromatic rings. The van der Waals surface area contributed by atoms with Gasteiger partial charge in [-0.3, -0.25) is 4.79 Å². The Balaban J connectivity index is 2.28. The molecule has 0 atom stereocenters. The number of ketones is 1. The Morgan fingerprint density at radius 1 is 1.14 bits per heavy atom. The quantitative estimate of drug-likeness (QED) is 0.613. The molecule has 70 valence electrons. The second-order valence-corrected chi connectivity index (χ2v) is 3.51. The zero-order valence-corrected chi connectivity index (χ0v) is 7.99. The van der Waals surface area contributed by atoms with Crippen LogP contribution in [0.3, 0.4) is 0 Å². The van der Waals surface area contributed by atoms with Gasteiger partial charge in [0.1, 0.15) is 0 Å². The number of carbonyl (C=O) groups is 1. The van der Waals surface area contributed by atoms with E-state index in [9.17, 15) is 4.79 Å². The lowest BCUT2D eigenvalue weighted by Crippen LogP contribution is -1.93. The molecule has 1 aromatic carbocycles. The summed E-state index contributed by atoms with van der Waals surface area (Å²) < 4.78 is 0.